The molecule has 0 spiro atoms. The van der Waals surface area contributed by atoms with E-state index in [9.17, 15) is 4.39 Å². The van der Waals surface area contributed by atoms with E-state index in [2.05, 4.69) is 63.6 Å². The van der Waals surface area contributed by atoms with Crippen LogP contribution in [0, 0.1) is 5.82 Å². The number of guanidine groups is 1. The molecule has 5 rings (SSSR count). The number of benzene rings is 3. The summed E-state index contributed by atoms with van der Waals surface area (Å²) in [6, 6.07) is 23.9. The summed E-state index contributed by atoms with van der Waals surface area (Å²) in [7, 11) is 0. The number of nitrogens with one attached hydrogen (secondary N) is 2. The molecule has 5 nitrogen and oxygen atoms in total. The van der Waals surface area contributed by atoms with Gasteiger partial charge in [0.1, 0.15) is 5.82 Å². The number of para-hydroxylation sites is 1. The molecule has 2 aliphatic rings. The van der Waals surface area contributed by atoms with Gasteiger partial charge in [-0.25, -0.2) is 9.38 Å². The van der Waals surface area contributed by atoms with Gasteiger partial charge in [0.25, 0.3) is 0 Å². The van der Waals surface area contributed by atoms with Crippen LogP contribution in [0.4, 0.5) is 10.1 Å². The Kier molecular flexibility index (Phi) is 6.45. The second-order valence-electron chi connectivity index (χ2n) is 7.21. The van der Waals surface area contributed by atoms with E-state index < -0.39 is 0 Å². The zero-order valence-electron chi connectivity index (χ0n) is 16.3. The second-order valence-corrected chi connectivity index (χ2v) is 8.06. The lowest BCUT2D eigenvalue weighted by Crippen LogP contribution is -2.31. The molecule has 6 N–H and O–H groups in total. The van der Waals surface area contributed by atoms with Crippen molar-refractivity contribution in [1.29, 1.82) is 0 Å². The highest BCUT2D eigenvalue weighted by molar-refractivity contribution is 7.98. The van der Waals surface area contributed by atoms with E-state index in [1.54, 1.807) is 24.1 Å². The summed E-state index contributed by atoms with van der Waals surface area (Å²) >= 11 is 1.55. The third kappa shape index (κ3) is 3.92. The number of anilines is 1. The maximum Gasteiger partial charge on any atom is 0.206 e. The molecular formula is C23H28FN3O2S. The van der Waals surface area contributed by atoms with Gasteiger partial charge in [0.05, 0.1) is 17.1 Å². The summed E-state index contributed by atoms with van der Waals surface area (Å²) in [6.45, 7) is 0.296. The Bertz CT molecular complexity index is 1070. The van der Waals surface area contributed by atoms with Crippen molar-refractivity contribution in [3.63, 3.8) is 0 Å². The van der Waals surface area contributed by atoms with Crippen LogP contribution in [0.2, 0.25) is 0 Å². The van der Waals surface area contributed by atoms with Crippen molar-refractivity contribution in [1.82, 2.24) is 4.72 Å². The molecule has 0 bridgehead atoms. The number of nitrogens with zero attached hydrogens (tertiary/aromatic N) is 1. The molecule has 1 aliphatic heterocycles. The Labute approximate surface area is 182 Å². The zero-order valence-corrected chi connectivity index (χ0v) is 17.1. The summed E-state index contributed by atoms with van der Waals surface area (Å²) in [5.74, 6) is 0.439. The van der Waals surface area contributed by atoms with Gasteiger partial charge in [0.15, 0.2) is 0 Å². The van der Waals surface area contributed by atoms with Crippen LogP contribution in [0.3, 0.4) is 0 Å². The lowest BCUT2D eigenvalue weighted by molar-refractivity contribution is 0.611. The Morgan fingerprint density at radius 3 is 2.40 bits per heavy atom. The predicted molar refractivity (Wildman–Crippen MR) is 125 cm³/mol. The topological polar surface area (TPSA) is 99.4 Å². The first-order valence-corrected chi connectivity index (χ1v) is 10.2. The van der Waals surface area contributed by atoms with E-state index in [1.165, 1.54) is 17.2 Å². The first-order valence-electron chi connectivity index (χ1n) is 9.43. The van der Waals surface area contributed by atoms with Gasteiger partial charge in [-0.15, -0.1) is 0 Å². The van der Waals surface area contributed by atoms with Gasteiger partial charge in [-0.3, -0.25) is 4.72 Å². The van der Waals surface area contributed by atoms with Gasteiger partial charge >= 0.3 is 0 Å². The standard InChI is InChI=1S/C23H20FN3S.2H2O.2H2/c24-19-11-5-4-7-16(19)15-25-22-26-21-18(10-6-12-20(21)28-27-22)23(13-14-23)17-8-2-1-3-9-17;;;;/h1-12H,13-15H2,(H2,25,26,27);2*1H2;2*1H. The van der Waals surface area contributed by atoms with Crippen molar-refractivity contribution in [3.8, 4) is 0 Å². The minimum absolute atomic E-state index is 0. The molecule has 7 heteroatoms. The highest BCUT2D eigenvalue weighted by atomic mass is 32.2. The molecule has 0 atom stereocenters. The predicted octanol–water partition coefficient (Wildman–Crippen LogP) is 4.33. The number of hydrogen-bond acceptors (Lipinski definition) is 2. The van der Waals surface area contributed by atoms with Crippen molar-refractivity contribution in [3.05, 3.63) is 95.3 Å². The van der Waals surface area contributed by atoms with Crippen molar-refractivity contribution in [2.75, 3.05) is 5.32 Å². The smallest absolute Gasteiger partial charge is 0.206 e. The molecule has 1 fully saturated rings. The fraction of sp³-hybridized carbons (Fsp3) is 0.174. The molecule has 30 heavy (non-hydrogen) atoms. The summed E-state index contributed by atoms with van der Waals surface area (Å²) in [6.07, 6.45) is 2.30. The average Bonchev–Trinajstić information content (AvgIpc) is 3.55. The summed E-state index contributed by atoms with van der Waals surface area (Å²) in [4.78, 5) is 5.72. The normalized spacial score (nSPS) is 16.9. The second kappa shape index (κ2) is 8.87. The van der Waals surface area contributed by atoms with Crippen LogP contribution < -0.4 is 10.0 Å². The molecule has 0 radical (unpaired) electrons. The fourth-order valence-corrected chi connectivity index (χ4v) is 4.58. The molecule has 3 aromatic carbocycles. The van der Waals surface area contributed by atoms with E-state index in [0.29, 0.717) is 18.1 Å². The lowest BCUT2D eigenvalue weighted by atomic mass is 9.87. The van der Waals surface area contributed by atoms with E-state index >= 15 is 0 Å². The fourth-order valence-electron chi connectivity index (χ4n) is 3.85. The van der Waals surface area contributed by atoms with E-state index in [4.69, 9.17) is 0 Å². The number of fused-ring (bicyclic) bond motifs is 1. The van der Waals surface area contributed by atoms with E-state index in [-0.39, 0.29) is 25.0 Å². The van der Waals surface area contributed by atoms with Crippen molar-refractivity contribution in [2.45, 2.75) is 29.7 Å². The molecule has 160 valence electrons. The molecule has 1 aliphatic carbocycles. The Hall–Kier alpha value is -2.87. The van der Waals surface area contributed by atoms with Gasteiger partial charge in [-0.1, -0.05) is 60.7 Å². The minimum atomic E-state index is -0.225. The van der Waals surface area contributed by atoms with Crippen molar-refractivity contribution in [2.24, 2.45) is 4.99 Å². The Morgan fingerprint density at radius 2 is 1.67 bits per heavy atom. The molecule has 1 heterocycles. The molecular weight excluding hydrogens is 401 g/mol. The van der Waals surface area contributed by atoms with Crippen LogP contribution >= 0.6 is 11.9 Å². The van der Waals surface area contributed by atoms with Crippen LogP contribution in [0.25, 0.3) is 0 Å². The molecule has 1 saturated carbocycles. The van der Waals surface area contributed by atoms with Crippen LogP contribution in [-0.4, -0.2) is 16.9 Å². The Balaban J connectivity index is 0.00000128. The third-order valence-electron chi connectivity index (χ3n) is 5.48. The van der Waals surface area contributed by atoms with Crippen molar-refractivity contribution < 1.29 is 18.2 Å². The average molecular weight is 430 g/mol. The first-order chi connectivity index (χ1) is 13.8. The number of aliphatic imine (C=N–C) groups is 1. The Morgan fingerprint density at radius 1 is 0.933 bits per heavy atom. The third-order valence-corrected chi connectivity index (χ3v) is 6.34. The van der Waals surface area contributed by atoms with Crippen LogP contribution in [-0.2, 0) is 12.0 Å². The van der Waals surface area contributed by atoms with Crippen LogP contribution in [0.15, 0.2) is 82.7 Å². The SMILES string of the molecule is Fc1ccccc1CN=C1NSc2cccc(C3(c4ccccc4)CC3)c2N1.O.O.[HH].[HH]. The van der Waals surface area contributed by atoms with E-state index in [1.807, 2.05) is 6.07 Å². The largest absolute Gasteiger partial charge is 0.412 e. The van der Waals surface area contributed by atoms with Gasteiger partial charge in [0.2, 0.25) is 5.96 Å². The highest BCUT2D eigenvalue weighted by Crippen LogP contribution is 2.56. The number of rotatable bonds is 4. The number of halogens is 1. The molecule has 3 aromatic rings. The molecule has 0 amide bonds. The van der Waals surface area contributed by atoms with Gasteiger partial charge in [-0.2, -0.15) is 0 Å². The summed E-state index contributed by atoms with van der Waals surface area (Å²) in [5.41, 5.74) is 4.45. The summed E-state index contributed by atoms with van der Waals surface area (Å²) < 4.78 is 17.1. The highest BCUT2D eigenvalue weighted by Gasteiger charge is 2.47. The summed E-state index contributed by atoms with van der Waals surface area (Å²) in [5, 5.41) is 3.47. The van der Waals surface area contributed by atoms with E-state index in [0.717, 1.165) is 23.4 Å². The van der Waals surface area contributed by atoms with Gasteiger partial charge < -0.3 is 16.3 Å². The quantitative estimate of drug-likeness (QED) is 0.604. The van der Waals surface area contributed by atoms with Crippen molar-refractivity contribution >= 4 is 23.6 Å². The van der Waals surface area contributed by atoms with Gasteiger partial charge in [-0.05, 0) is 48.0 Å². The molecule has 0 unspecified atom stereocenters. The minimum Gasteiger partial charge on any atom is -0.412 e. The van der Waals surface area contributed by atoms with Gasteiger partial charge in [0, 0.05) is 13.8 Å². The van der Waals surface area contributed by atoms with Crippen LogP contribution in [0.5, 0.6) is 0 Å². The molecule has 0 aromatic heterocycles. The molecule has 0 saturated heterocycles. The zero-order chi connectivity index (χ0) is 19.0. The monoisotopic (exact) mass is 429 g/mol. The number of hydrogen-bond donors (Lipinski definition) is 2. The van der Waals surface area contributed by atoms with Crippen LogP contribution in [0.1, 0.15) is 32.4 Å². The maximum atomic E-state index is 13.9. The maximum absolute atomic E-state index is 13.9. The first kappa shape index (κ1) is 21.8. The lowest BCUT2D eigenvalue weighted by Gasteiger charge is -2.27.